The number of amides is 3. The van der Waals surface area contributed by atoms with E-state index in [1.807, 2.05) is 12.2 Å². The molecule has 2 aliphatic heterocycles. The predicted molar refractivity (Wildman–Crippen MR) is 101 cm³/mol. The number of benzene rings is 1. The van der Waals surface area contributed by atoms with Crippen LogP contribution >= 0.6 is 0 Å². The molecule has 1 saturated carbocycles. The van der Waals surface area contributed by atoms with Gasteiger partial charge in [-0.2, -0.15) is 0 Å². The van der Waals surface area contributed by atoms with Crippen LogP contribution in [0.15, 0.2) is 36.4 Å². The second kappa shape index (κ2) is 7.06. The topological polar surface area (TPSA) is 66.9 Å². The third kappa shape index (κ3) is 2.99. The molecule has 4 aliphatic rings. The number of nitrogens with zero attached hydrogens (tertiary/aromatic N) is 2. The minimum Gasteiger partial charge on any atom is -0.378 e. The second-order valence-electron chi connectivity index (χ2n) is 8.31. The molecule has 2 saturated heterocycles. The van der Waals surface area contributed by atoms with Crippen molar-refractivity contribution in [3.63, 3.8) is 0 Å². The second-order valence-corrected chi connectivity index (χ2v) is 8.31. The average molecular weight is 398 g/mol. The van der Waals surface area contributed by atoms with E-state index in [2.05, 4.69) is 0 Å². The first-order valence-corrected chi connectivity index (χ1v) is 10.2. The molecule has 0 aromatic heterocycles. The number of likely N-dealkylation sites (tertiary alicyclic amines) is 1. The number of imide groups is 1. The SMILES string of the molecule is O=C(CC(c1ccc(F)cc1)N1C(=O)C2C3C=CC(C3)C2C1=O)N1CCOCC1. The van der Waals surface area contributed by atoms with Crippen molar-refractivity contribution in [1.82, 2.24) is 9.80 Å². The van der Waals surface area contributed by atoms with Gasteiger partial charge in [0.15, 0.2) is 0 Å². The van der Waals surface area contributed by atoms with E-state index in [9.17, 15) is 18.8 Å². The Bertz CT molecular complexity index is 847. The first kappa shape index (κ1) is 18.5. The number of halogens is 1. The molecule has 7 heteroatoms. The zero-order valence-corrected chi connectivity index (χ0v) is 16.0. The number of carbonyl (C=O) groups is 3. The van der Waals surface area contributed by atoms with Crippen LogP contribution in [0.25, 0.3) is 0 Å². The standard InChI is InChI=1S/C22H23FN2O4/c23-16-5-3-13(4-6-16)17(12-18(26)24-7-9-29-10-8-24)25-21(27)19-14-1-2-15(11-14)20(19)22(25)28/h1-6,14-15,17,19-20H,7-12H2. The molecule has 5 unspecified atom stereocenters. The molecule has 2 aliphatic carbocycles. The van der Waals surface area contributed by atoms with Crippen molar-refractivity contribution >= 4 is 17.7 Å². The number of hydrogen-bond acceptors (Lipinski definition) is 4. The molecule has 6 nitrogen and oxygen atoms in total. The Morgan fingerprint density at radius 3 is 2.21 bits per heavy atom. The van der Waals surface area contributed by atoms with Crippen LogP contribution in [-0.2, 0) is 19.1 Å². The van der Waals surface area contributed by atoms with Gasteiger partial charge in [-0.05, 0) is 36.0 Å². The maximum atomic E-state index is 13.5. The van der Waals surface area contributed by atoms with Crippen molar-refractivity contribution in [2.75, 3.05) is 26.3 Å². The van der Waals surface area contributed by atoms with Gasteiger partial charge < -0.3 is 9.64 Å². The summed E-state index contributed by atoms with van der Waals surface area (Å²) < 4.78 is 18.8. The van der Waals surface area contributed by atoms with Gasteiger partial charge in [-0.25, -0.2) is 4.39 Å². The summed E-state index contributed by atoms with van der Waals surface area (Å²) in [5.41, 5.74) is 0.606. The first-order chi connectivity index (χ1) is 14.0. The Kier molecular flexibility index (Phi) is 4.50. The monoisotopic (exact) mass is 398 g/mol. The van der Waals surface area contributed by atoms with Gasteiger partial charge in [0, 0.05) is 13.1 Å². The summed E-state index contributed by atoms with van der Waals surface area (Å²) in [5.74, 6) is -1.34. The highest BCUT2D eigenvalue weighted by Crippen LogP contribution is 2.54. The van der Waals surface area contributed by atoms with Crippen LogP contribution in [0, 0.1) is 29.5 Å². The molecule has 1 aromatic rings. The van der Waals surface area contributed by atoms with E-state index >= 15 is 0 Å². The number of carbonyl (C=O) groups excluding carboxylic acids is 3. The lowest BCUT2D eigenvalue weighted by atomic mass is 9.85. The van der Waals surface area contributed by atoms with Crippen LogP contribution in [0.4, 0.5) is 4.39 Å². The van der Waals surface area contributed by atoms with Gasteiger partial charge in [-0.15, -0.1) is 0 Å². The van der Waals surface area contributed by atoms with E-state index in [1.165, 1.54) is 17.0 Å². The molecule has 0 spiro atoms. The molecule has 3 fully saturated rings. The predicted octanol–water partition coefficient (Wildman–Crippen LogP) is 1.92. The molecule has 152 valence electrons. The fourth-order valence-electron chi connectivity index (χ4n) is 5.38. The molecule has 5 rings (SSSR count). The summed E-state index contributed by atoms with van der Waals surface area (Å²) in [7, 11) is 0. The molecule has 0 radical (unpaired) electrons. The third-order valence-electron chi connectivity index (χ3n) is 6.80. The quantitative estimate of drug-likeness (QED) is 0.574. The Hall–Kier alpha value is -2.54. The number of ether oxygens (including phenoxy) is 1. The minimum atomic E-state index is -0.712. The van der Waals surface area contributed by atoms with Crippen LogP contribution < -0.4 is 0 Å². The van der Waals surface area contributed by atoms with E-state index in [1.54, 1.807) is 17.0 Å². The number of fused-ring (bicyclic) bond motifs is 5. The van der Waals surface area contributed by atoms with E-state index in [-0.39, 0.29) is 47.8 Å². The van der Waals surface area contributed by atoms with Gasteiger partial charge in [0.2, 0.25) is 17.7 Å². The summed E-state index contributed by atoms with van der Waals surface area (Å²) in [6, 6.07) is 5.02. The molecule has 2 heterocycles. The normalized spacial score (nSPS) is 31.5. The Labute approximate surface area is 168 Å². The van der Waals surface area contributed by atoms with Gasteiger partial charge >= 0.3 is 0 Å². The lowest BCUT2D eigenvalue weighted by Gasteiger charge is -2.32. The van der Waals surface area contributed by atoms with E-state index in [4.69, 9.17) is 4.74 Å². The number of allylic oxidation sites excluding steroid dienone is 2. The average Bonchev–Trinajstić information content (AvgIpc) is 3.42. The Balaban J connectivity index is 1.45. The fourth-order valence-corrected chi connectivity index (χ4v) is 5.38. The van der Waals surface area contributed by atoms with Crippen LogP contribution in [0.2, 0.25) is 0 Å². The number of hydrogen-bond donors (Lipinski definition) is 0. The van der Waals surface area contributed by atoms with Crippen molar-refractivity contribution in [3.8, 4) is 0 Å². The molecule has 1 aromatic carbocycles. The van der Waals surface area contributed by atoms with Crippen LogP contribution in [0.5, 0.6) is 0 Å². The maximum Gasteiger partial charge on any atom is 0.234 e. The van der Waals surface area contributed by atoms with Gasteiger partial charge in [-0.3, -0.25) is 19.3 Å². The Morgan fingerprint density at radius 1 is 1.03 bits per heavy atom. The fraction of sp³-hybridized carbons (Fsp3) is 0.500. The number of rotatable bonds is 4. The highest BCUT2D eigenvalue weighted by molar-refractivity contribution is 6.07. The molecule has 29 heavy (non-hydrogen) atoms. The highest BCUT2D eigenvalue weighted by Gasteiger charge is 2.60. The maximum absolute atomic E-state index is 13.5. The lowest BCUT2D eigenvalue weighted by Crippen LogP contribution is -2.44. The lowest BCUT2D eigenvalue weighted by molar-refractivity contribution is -0.146. The largest absolute Gasteiger partial charge is 0.378 e. The van der Waals surface area contributed by atoms with E-state index < -0.39 is 11.9 Å². The van der Waals surface area contributed by atoms with Gasteiger partial charge in [0.05, 0.1) is 37.5 Å². The van der Waals surface area contributed by atoms with Gasteiger partial charge in [-0.1, -0.05) is 24.3 Å². The summed E-state index contributed by atoms with van der Waals surface area (Å²) in [6.07, 6.45) is 4.96. The van der Waals surface area contributed by atoms with E-state index in [0.717, 1.165) is 6.42 Å². The van der Waals surface area contributed by atoms with E-state index in [0.29, 0.717) is 31.9 Å². The zero-order chi connectivity index (χ0) is 20.1. The third-order valence-corrected chi connectivity index (χ3v) is 6.80. The molecule has 2 bridgehead atoms. The van der Waals surface area contributed by atoms with Crippen molar-refractivity contribution in [3.05, 3.63) is 47.8 Å². The van der Waals surface area contributed by atoms with Crippen molar-refractivity contribution in [1.29, 1.82) is 0 Å². The van der Waals surface area contributed by atoms with Gasteiger partial charge in [0.1, 0.15) is 5.82 Å². The summed E-state index contributed by atoms with van der Waals surface area (Å²) >= 11 is 0. The van der Waals surface area contributed by atoms with Crippen LogP contribution in [0.3, 0.4) is 0 Å². The van der Waals surface area contributed by atoms with Crippen molar-refractivity contribution < 1.29 is 23.5 Å². The molecule has 5 atom stereocenters. The molecular formula is C22H23FN2O4. The van der Waals surface area contributed by atoms with Crippen molar-refractivity contribution in [2.24, 2.45) is 23.7 Å². The van der Waals surface area contributed by atoms with Crippen LogP contribution in [0.1, 0.15) is 24.4 Å². The first-order valence-electron chi connectivity index (χ1n) is 10.2. The molecule has 3 amide bonds. The zero-order valence-electron chi connectivity index (χ0n) is 16.0. The van der Waals surface area contributed by atoms with Crippen LogP contribution in [-0.4, -0.2) is 53.8 Å². The molecule has 0 N–H and O–H groups in total. The highest BCUT2D eigenvalue weighted by atomic mass is 19.1. The Morgan fingerprint density at radius 2 is 1.62 bits per heavy atom. The molecular weight excluding hydrogens is 375 g/mol. The smallest absolute Gasteiger partial charge is 0.234 e. The summed E-state index contributed by atoms with van der Waals surface area (Å²) in [6.45, 7) is 1.95. The van der Waals surface area contributed by atoms with Gasteiger partial charge in [0.25, 0.3) is 0 Å². The number of morpholine rings is 1. The van der Waals surface area contributed by atoms with Crippen molar-refractivity contribution in [2.45, 2.75) is 18.9 Å². The summed E-state index contributed by atoms with van der Waals surface area (Å²) in [5, 5.41) is 0. The summed E-state index contributed by atoms with van der Waals surface area (Å²) in [4.78, 5) is 42.5. The minimum absolute atomic E-state index is 0.00527.